The minimum atomic E-state index is -1.55. The largest absolute Gasteiger partial charge is 0.463 e. The Balaban J connectivity index is 0.000000954. The van der Waals surface area contributed by atoms with Gasteiger partial charge in [-0.1, -0.05) is 67.7 Å². The minimum Gasteiger partial charge on any atom is -0.463 e. The molecular formula is C36H70O13. The SMILES string of the molecule is C.CCCC(CCC)C(=O)OC[C@@H](O)[C@@H](O)[C@H](O)[C@H](O)CC.CCCC(CCC)C(=O)OC[C@@H](O)[C@H]1OC(C)(C)O[C@@H]1[C@H]1COC(C)(C)O1. The number of aliphatic hydroxyl groups is 5. The van der Waals surface area contributed by atoms with Gasteiger partial charge >= 0.3 is 11.9 Å². The fraction of sp³-hybridized carbons (Fsp3) is 0.944. The van der Waals surface area contributed by atoms with Crippen LogP contribution < -0.4 is 0 Å². The summed E-state index contributed by atoms with van der Waals surface area (Å²) >= 11 is 0. The second-order valence-corrected chi connectivity index (χ2v) is 13.8. The third kappa shape index (κ3) is 16.2. The summed E-state index contributed by atoms with van der Waals surface area (Å²) in [7, 11) is 0. The normalized spacial score (nSPS) is 24.3. The van der Waals surface area contributed by atoms with E-state index in [9.17, 15) is 35.1 Å². The van der Waals surface area contributed by atoms with Gasteiger partial charge in [0.05, 0.1) is 24.5 Å². The molecule has 0 aromatic rings. The van der Waals surface area contributed by atoms with Crippen molar-refractivity contribution in [1.82, 2.24) is 0 Å². The Labute approximate surface area is 294 Å². The van der Waals surface area contributed by atoms with Crippen LogP contribution in [0.3, 0.4) is 0 Å². The summed E-state index contributed by atoms with van der Waals surface area (Å²) in [6.07, 6.45) is -1.22. The lowest BCUT2D eigenvalue weighted by Gasteiger charge is -2.26. The van der Waals surface area contributed by atoms with Gasteiger partial charge in [-0.15, -0.1) is 0 Å². The quantitative estimate of drug-likeness (QED) is 0.114. The molecule has 8 atom stereocenters. The van der Waals surface area contributed by atoms with Gasteiger partial charge in [-0.25, -0.2) is 0 Å². The predicted octanol–water partition coefficient (Wildman–Crippen LogP) is 4.01. The summed E-state index contributed by atoms with van der Waals surface area (Å²) in [4.78, 5) is 24.2. The van der Waals surface area contributed by atoms with Gasteiger partial charge in [-0.05, 0) is 59.8 Å². The van der Waals surface area contributed by atoms with Crippen molar-refractivity contribution in [2.45, 2.75) is 188 Å². The summed E-state index contributed by atoms with van der Waals surface area (Å²) in [5.41, 5.74) is 0. The Morgan fingerprint density at radius 1 is 0.673 bits per heavy atom. The van der Waals surface area contributed by atoms with Crippen LogP contribution in [0, 0.1) is 11.8 Å². The fourth-order valence-corrected chi connectivity index (χ4v) is 5.89. The van der Waals surface area contributed by atoms with Gasteiger partial charge in [-0.2, -0.15) is 0 Å². The zero-order chi connectivity index (χ0) is 36.7. The summed E-state index contributed by atoms with van der Waals surface area (Å²) in [6, 6.07) is 0. The first-order valence-corrected chi connectivity index (χ1v) is 17.9. The topological polar surface area (TPSA) is 191 Å². The van der Waals surface area contributed by atoms with Crippen LogP contribution in [0.2, 0.25) is 0 Å². The average molecular weight is 711 g/mol. The third-order valence-electron chi connectivity index (χ3n) is 8.50. The molecule has 2 saturated heterocycles. The van der Waals surface area contributed by atoms with E-state index in [1.807, 2.05) is 41.5 Å². The van der Waals surface area contributed by atoms with Crippen molar-refractivity contribution >= 4 is 11.9 Å². The monoisotopic (exact) mass is 710 g/mol. The van der Waals surface area contributed by atoms with Gasteiger partial charge in [0.1, 0.15) is 55.9 Å². The van der Waals surface area contributed by atoms with E-state index < -0.39 is 66.9 Å². The highest BCUT2D eigenvalue weighted by molar-refractivity contribution is 5.72. The first kappa shape index (κ1) is 47.6. The molecule has 2 aliphatic heterocycles. The number of carbonyl (C=O) groups is 2. The van der Waals surface area contributed by atoms with Gasteiger partial charge in [0, 0.05) is 0 Å². The van der Waals surface area contributed by atoms with Crippen molar-refractivity contribution in [3.8, 4) is 0 Å². The van der Waals surface area contributed by atoms with E-state index in [1.54, 1.807) is 20.8 Å². The number of esters is 2. The van der Waals surface area contributed by atoms with E-state index >= 15 is 0 Å². The highest BCUT2D eigenvalue weighted by atomic mass is 16.8. The van der Waals surface area contributed by atoms with Crippen molar-refractivity contribution in [2.24, 2.45) is 11.8 Å². The number of hydrogen-bond acceptors (Lipinski definition) is 13. The molecule has 0 aromatic carbocycles. The number of hydrogen-bond donors (Lipinski definition) is 5. The summed E-state index contributed by atoms with van der Waals surface area (Å²) < 4.78 is 33.8. The highest BCUT2D eigenvalue weighted by Gasteiger charge is 2.52. The maximum Gasteiger partial charge on any atom is 0.309 e. The van der Waals surface area contributed by atoms with E-state index in [0.717, 1.165) is 51.4 Å². The smallest absolute Gasteiger partial charge is 0.309 e. The molecule has 0 aliphatic carbocycles. The molecule has 2 rings (SSSR count). The van der Waals surface area contributed by atoms with Gasteiger partial charge < -0.3 is 54.0 Å². The fourth-order valence-electron chi connectivity index (χ4n) is 5.89. The van der Waals surface area contributed by atoms with Crippen molar-refractivity contribution < 1.29 is 63.5 Å². The van der Waals surface area contributed by atoms with Gasteiger partial charge in [-0.3, -0.25) is 9.59 Å². The zero-order valence-electron chi connectivity index (χ0n) is 30.8. The summed E-state index contributed by atoms with van der Waals surface area (Å²) in [5, 5.41) is 49.1. The van der Waals surface area contributed by atoms with E-state index in [4.69, 9.17) is 28.4 Å². The van der Waals surface area contributed by atoms with Gasteiger partial charge in [0.25, 0.3) is 0 Å². The Kier molecular flexibility index (Phi) is 22.5. The molecule has 0 unspecified atom stereocenters. The van der Waals surface area contributed by atoms with Crippen molar-refractivity contribution in [3.63, 3.8) is 0 Å². The van der Waals surface area contributed by atoms with E-state index in [1.165, 1.54) is 0 Å². The van der Waals surface area contributed by atoms with Crippen molar-refractivity contribution in [2.75, 3.05) is 19.8 Å². The molecule has 13 heteroatoms. The molecular weight excluding hydrogens is 640 g/mol. The van der Waals surface area contributed by atoms with Crippen LogP contribution in [0.5, 0.6) is 0 Å². The number of aliphatic hydroxyl groups excluding tert-OH is 5. The standard InChI is InChI=1S/C20H36O7.C15H30O6.CH4/c1-7-9-13(10-8-2)18(22)23-11-14(21)16-17(27-20(5,6)26-16)15-12-24-19(3,4)25-15;1-4-7-10(8-5-2)15(20)21-9-12(17)14(19)13(18)11(16)6-3;/h13-17,21H,7-12H2,1-6H3;10-14,16-19H,4-9H2,1-3H3;1H4/t14-,15-,16-,17-;11-,12-,13-,14-;/m11./s1. The van der Waals surface area contributed by atoms with Crippen LogP contribution in [-0.4, -0.2) is 118 Å². The molecule has 0 bridgehead atoms. The zero-order valence-corrected chi connectivity index (χ0v) is 30.8. The lowest BCUT2D eigenvalue weighted by atomic mass is 9.98. The van der Waals surface area contributed by atoms with E-state index in [-0.39, 0.29) is 44.4 Å². The minimum absolute atomic E-state index is 0. The maximum atomic E-state index is 12.3. The molecule has 0 saturated carbocycles. The summed E-state index contributed by atoms with van der Waals surface area (Å²) in [5.74, 6) is -2.52. The predicted molar refractivity (Wildman–Crippen MR) is 184 cm³/mol. The Hall–Kier alpha value is -1.42. The molecule has 2 heterocycles. The van der Waals surface area contributed by atoms with Crippen LogP contribution in [0.15, 0.2) is 0 Å². The van der Waals surface area contributed by atoms with Crippen LogP contribution in [0.1, 0.15) is 128 Å². The van der Waals surface area contributed by atoms with Gasteiger partial charge in [0.15, 0.2) is 11.6 Å². The lowest BCUT2D eigenvalue weighted by Crippen LogP contribution is -2.46. The first-order chi connectivity index (χ1) is 22.5. The van der Waals surface area contributed by atoms with Crippen LogP contribution in [0.25, 0.3) is 0 Å². The van der Waals surface area contributed by atoms with Gasteiger partial charge in [0.2, 0.25) is 0 Å². The molecule has 292 valence electrons. The van der Waals surface area contributed by atoms with Crippen molar-refractivity contribution in [1.29, 1.82) is 0 Å². The number of carbonyl (C=O) groups excluding carboxylic acids is 2. The average Bonchev–Trinajstić information content (AvgIpc) is 3.58. The van der Waals surface area contributed by atoms with Crippen LogP contribution >= 0.6 is 0 Å². The van der Waals surface area contributed by atoms with Crippen molar-refractivity contribution in [3.05, 3.63) is 0 Å². The van der Waals surface area contributed by atoms with E-state index in [2.05, 4.69) is 0 Å². The second-order valence-electron chi connectivity index (χ2n) is 13.8. The number of rotatable bonds is 20. The molecule has 13 nitrogen and oxygen atoms in total. The van der Waals surface area contributed by atoms with Crippen LogP contribution in [-0.2, 0) is 38.0 Å². The first-order valence-electron chi connectivity index (χ1n) is 17.9. The lowest BCUT2D eigenvalue weighted by molar-refractivity contribution is -0.176. The molecule has 0 radical (unpaired) electrons. The molecule has 49 heavy (non-hydrogen) atoms. The Bertz CT molecular complexity index is 901. The summed E-state index contributed by atoms with van der Waals surface area (Å²) in [6.45, 7) is 16.8. The maximum absolute atomic E-state index is 12.3. The highest BCUT2D eigenvalue weighted by Crippen LogP contribution is 2.37. The second kappa shape index (κ2) is 23.2. The number of ether oxygens (including phenoxy) is 6. The molecule has 5 N–H and O–H groups in total. The molecule has 0 amide bonds. The van der Waals surface area contributed by atoms with E-state index in [0.29, 0.717) is 6.61 Å². The molecule has 2 aliphatic rings. The third-order valence-corrected chi connectivity index (χ3v) is 8.50. The Morgan fingerprint density at radius 2 is 1.12 bits per heavy atom. The molecule has 0 spiro atoms. The molecule has 0 aromatic heterocycles. The Morgan fingerprint density at radius 3 is 1.53 bits per heavy atom. The van der Waals surface area contributed by atoms with Crippen LogP contribution in [0.4, 0.5) is 0 Å². The molecule has 2 fully saturated rings.